The van der Waals surface area contributed by atoms with Crippen LogP contribution in [0.2, 0.25) is 5.02 Å². The lowest BCUT2D eigenvalue weighted by atomic mass is 9.71. The average molecular weight is 271 g/mol. The molecule has 1 aromatic heterocycles. The summed E-state index contributed by atoms with van der Waals surface area (Å²) in [6, 6.07) is 0. The molecule has 1 aromatic rings. The fraction of sp³-hybridized carbons (Fsp3) is 0.769. The molecule has 5 heteroatoms. The Kier molecular flexibility index (Phi) is 4.65. The first kappa shape index (κ1) is 13.8. The molecule has 0 amide bonds. The number of rotatable bonds is 6. The molecule has 4 nitrogen and oxygen atoms in total. The first-order valence-electron chi connectivity index (χ1n) is 6.64. The van der Waals surface area contributed by atoms with Crippen LogP contribution in [0.15, 0.2) is 6.20 Å². The topological polar surface area (TPSA) is 33.1 Å². The summed E-state index contributed by atoms with van der Waals surface area (Å²) >= 11 is 6.32. The minimum absolute atomic E-state index is 0.578. The SMILES string of the molecule is CNCC1CCC1c1c(Cl)cnn1CCN(C)C. The highest BCUT2D eigenvalue weighted by Crippen LogP contribution is 2.44. The number of likely N-dealkylation sites (N-methyl/N-ethyl adjacent to an activating group) is 1. The maximum Gasteiger partial charge on any atom is 0.0820 e. The summed E-state index contributed by atoms with van der Waals surface area (Å²) in [6.45, 7) is 2.98. The van der Waals surface area contributed by atoms with Crippen LogP contribution < -0.4 is 5.32 Å². The number of hydrogen-bond donors (Lipinski definition) is 1. The highest BCUT2D eigenvalue weighted by Gasteiger charge is 2.35. The number of aromatic nitrogens is 2. The largest absolute Gasteiger partial charge is 0.319 e. The van der Waals surface area contributed by atoms with E-state index in [2.05, 4.69) is 34.1 Å². The van der Waals surface area contributed by atoms with E-state index < -0.39 is 0 Å². The zero-order valence-electron chi connectivity index (χ0n) is 11.5. The van der Waals surface area contributed by atoms with Crippen molar-refractivity contribution in [1.82, 2.24) is 20.0 Å². The Hall–Kier alpha value is -0.580. The van der Waals surface area contributed by atoms with Crippen LogP contribution in [0.1, 0.15) is 24.5 Å². The molecule has 1 fully saturated rings. The summed E-state index contributed by atoms with van der Waals surface area (Å²) in [5.41, 5.74) is 1.24. The molecule has 0 aromatic carbocycles. The van der Waals surface area contributed by atoms with Crippen molar-refractivity contribution in [3.63, 3.8) is 0 Å². The van der Waals surface area contributed by atoms with Crippen LogP contribution in [0.25, 0.3) is 0 Å². The second-order valence-corrected chi connectivity index (χ2v) is 5.81. The van der Waals surface area contributed by atoms with Gasteiger partial charge in [-0.05, 0) is 46.4 Å². The van der Waals surface area contributed by atoms with Crippen LogP contribution in [-0.4, -0.2) is 48.9 Å². The average Bonchev–Trinajstić information content (AvgIpc) is 2.64. The standard InChI is InChI=1S/C13H23ClN4/c1-15-8-10-4-5-11(10)13-12(14)9-16-18(13)7-6-17(2)3/h9-11,15H,4-8H2,1-3H3. The summed E-state index contributed by atoms with van der Waals surface area (Å²) in [4.78, 5) is 2.17. The summed E-state index contributed by atoms with van der Waals surface area (Å²) < 4.78 is 2.09. The van der Waals surface area contributed by atoms with Gasteiger partial charge in [0.1, 0.15) is 0 Å². The van der Waals surface area contributed by atoms with Gasteiger partial charge in [-0.1, -0.05) is 11.6 Å². The second kappa shape index (κ2) is 6.04. The molecule has 1 aliphatic carbocycles. The van der Waals surface area contributed by atoms with Gasteiger partial charge >= 0.3 is 0 Å². The molecule has 2 atom stereocenters. The molecule has 0 radical (unpaired) electrons. The summed E-state index contributed by atoms with van der Waals surface area (Å²) in [5.74, 6) is 1.29. The van der Waals surface area contributed by atoms with Gasteiger partial charge < -0.3 is 10.2 Å². The summed E-state index contributed by atoms with van der Waals surface area (Å²) in [5, 5.41) is 8.53. The Morgan fingerprint density at radius 1 is 1.50 bits per heavy atom. The Morgan fingerprint density at radius 3 is 2.83 bits per heavy atom. The predicted molar refractivity (Wildman–Crippen MR) is 75.2 cm³/mol. The van der Waals surface area contributed by atoms with Crippen LogP contribution in [0, 0.1) is 5.92 Å². The van der Waals surface area contributed by atoms with Gasteiger partial charge in [0, 0.05) is 12.5 Å². The van der Waals surface area contributed by atoms with Crippen LogP contribution in [0.3, 0.4) is 0 Å². The summed E-state index contributed by atoms with van der Waals surface area (Å²) in [7, 11) is 6.18. The highest BCUT2D eigenvalue weighted by atomic mass is 35.5. The minimum atomic E-state index is 0.578. The third kappa shape index (κ3) is 2.87. The van der Waals surface area contributed by atoms with Gasteiger partial charge in [-0.25, -0.2) is 0 Å². The fourth-order valence-corrected chi connectivity index (χ4v) is 2.93. The van der Waals surface area contributed by atoms with Crippen molar-refractivity contribution in [2.75, 3.05) is 34.2 Å². The van der Waals surface area contributed by atoms with Gasteiger partial charge in [-0.3, -0.25) is 4.68 Å². The van der Waals surface area contributed by atoms with Crippen LogP contribution in [-0.2, 0) is 6.54 Å². The third-order valence-electron chi connectivity index (χ3n) is 3.83. The maximum atomic E-state index is 6.32. The predicted octanol–water partition coefficient (Wildman–Crippen LogP) is 1.81. The molecule has 1 aliphatic rings. The van der Waals surface area contributed by atoms with Crippen molar-refractivity contribution in [1.29, 1.82) is 0 Å². The van der Waals surface area contributed by atoms with Crippen LogP contribution in [0.4, 0.5) is 0 Å². The van der Waals surface area contributed by atoms with Crippen molar-refractivity contribution in [3.05, 3.63) is 16.9 Å². The van der Waals surface area contributed by atoms with Gasteiger partial charge in [0.05, 0.1) is 23.5 Å². The first-order valence-corrected chi connectivity index (χ1v) is 7.01. The normalized spacial score (nSPS) is 23.4. The third-order valence-corrected chi connectivity index (χ3v) is 4.12. The van der Waals surface area contributed by atoms with Gasteiger partial charge in [0.15, 0.2) is 0 Å². The van der Waals surface area contributed by atoms with E-state index in [0.29, 0.717) is 11.8 Å². The van der Waals surface area contributed by atoms with Crippen molar-refractivity contribution in [3.8, 4) is 0 Å². The van der Waals surface area contributed by atoms with Gasteiger partial charge in [0.25, 0.3) is 0 Å². The smallest absolute Gasteiger partial charge is 0.0820 e. The van der Waals surface area contributed by atoms with E-state index >= 15 is 0 Å². The Morgan fingerprint density at radius 2 is 2.28 bits per heavy atom. The van der Waals surface area contributed by atoms with E-state index in [9.17, 15) is 0 Å². The number of nitrogens with zero attached hydrogens (tertiary/aromatic N) is 3. The molecule has 2 unspecified atom stereocenters. The molecule has 1 N–H and O–H groups in total. The molecule has 102 valence electrons. The van der Waals surface area contributed by atoms with Crippen molar-refractivity contribution in [2.45, 2.75) is 25.3 Å². The highest BCUT2D eigenvalue weighted by molar-refractivity contribution is 6.31. The molecule has 0 bridgehead atoms. The van der Waals surface area contributed by atoms with Crippen LogP contribution >= 0.6 is 11.6 Å². The van der Waals surface area contributed by atoms with E-state index in [1.54, 1.807) is 6.20 Å². The first-order chi connectivity index (χ1) is 8.63. The Bertz CT molecular complexity index is 388. The van der Waals surface area contributed by atoms with E-state index in [1.807, 2.05) is 7.05 Å². The van der Waals surface area contributed by atoms with E-state index in [-0.39, 0.29) is 0 Å². The molecule has 0 saturated heterocycles. The molecular weight excluding hydrogens is 248 g/mol. The van der Waals surface area contributed by atoms with E-state index in [4.69, 9.17) is 11.6 Å². The lowest BCUT2D eigenvalue weighted by molar-refractivity contribution is 0.235. The van der Waals surface area contributed by atoms with Gasteiger partial charge in [0.2, 0.25) is 0 Å². The molecule has 18 heavy (non-hydrogen) atoms. The molecule has 1 heterocycles. The monoisotopic (exact) mass is 270 g/mol. The molecule has 0 spiro atoms. The number of nitrogens with one attached hydrogen (secondary N) is 1. The Balaban J connectivity index is 2.09. The fourth-order valence-electron chi connectivity index (χ4n) is 2.65. The van der Waals surface area contributed by atoms with E-state index in [1.165, 1.54) is 18.5 Å². The Labute approximate surface area is 114 Å². The zero-order valence-corrected chi connectivity index (χ0v) is 12.2. The molecule has 0 aliphatic heterocycles. The van der Waals surface area contributed by atoms with E-state index in [0.717, 1.165) is 24.7 Å². The minimum Gasteiger partial charge on any atom is -0.319 e. The second-order valence-electron chi connectivity index (χ2n) is 5.41. The maximum absolute atomic E-state index is 6.32. The molecule has 1 saturated carbocycles. The van der Waals surface area contributed by atoms with Gasteiger partial charge in [-0.15, -0.1) is 0 Å². The molecule has 2 rings (SSSR count). The zero-order chi connectivity index (χ0) is 13.1. The van der Waals surface area contributed by atoms with Gasteiger partial charge in [-0.2, -0.15) is 5.10 Å². The lowest BCUT2D eigenvalue weighted by Crippen LogP contribution is -2.34. The number of halogens is 1. The molecular formula is C13H23ClN4. The lowest BCUT2D eigenvalue weighted by Gasteiger charge is -2.37. The van der Waals surface area contributed by atoms with Crippen molar-refractivity contribution < 1.29 is 0 Å². The van der Waals surface area contributed by atoms with Crippen molar-refractivity contribution >= 4 is 11.6 Å². The number of hydrogen-bond acceptors (Lipinski definition) is 3. The van der Waals surface area contributed by atoms with Crippen molar-refractivity contribution in [2.24, 2.45) is 5.92 Å². The summed E-state index contributed by atoms with van der Waals surface area (Å²) in [6.07, 6.45) is 4.32. The van der Waals surface area contributed by atoms with Crippen LogP contribution in [0.5, 0.6) is 0 Å². The quantitative estimate of drug-likeness (QED) is 0.856.